The third kappa shape index (κ3) is 2.81. The Hall–Kier alpha value is -1.52. The lowest BCUT2D eigenvalue weighted by atomic mass is 9.97. The Balaban J connectivity index is 2.52. The number of aryl methyl sites for hydroxylation is 1. The van der Waals surface area contributed by atoms with Gasteiger partial charge in [0.2, 0.25) is 0 Å². The first kappa shape index (κ1) is 14.9. The molecule has 5 heteroatoms. The lowest BCUT2D eigenvalue weighted by molar-refractivity contribution is 0.505. The minimum atomic E-state index is -0.996. The van der Waals surface area contributed by atoms with Crippen molar-refractivity contribution < 1.29 is 13.2 Å². The molecule has 1 nitrogen and oxygen atoms in total. The lowest BCUT2D eigenvalue weighted by Gasteiger charge is -2.19. The SMILES string of the molecule is CNC(c1ccc(F)c(C)c1)c1cc(F)c(F)cc1Cl. The Morgan fingerprint density at radius 1 is 1.00 bits per heavy atom. The highest BCUT2D eigenvalue weighted by Gasteiger charge is 2.18. The maximum absolute atomic E-state index is 13.4. The van der Waals surface area contributed by atoms with Crippen LogP contribution in [-0.2, 0) is 0 Å². The number of rotatable bonds is 3. The molecule has 0 aliphatic rings. The van der Waals surface area contributed by atoms with E-state index in [1.165, 1.54) is 6.07 Å². The molecule has 0 saturated heterocycles. The summed E-state index contributed by atoms with van der Waals surface area (Å²) in [5.74, 6) is -2.28. The number of nitrogens with one attached hydrogen (secondary N) is 1. The van der Waals surface area contributed by atoms with E-state index in [1.54, 1.807) is 26.1 Å². The minimum absolute atomic E-state index is 0.116. The fourth-order valence-corrected chi connectivity index (χ4v) is 2.37. The third-order valence-corrected chi connectivity index (χ3v) is 3.48. The van der Waals surface area contributed by atoms with Gasteiger partial charge in [0.25, 0.3) is 0 Å². The van der Waals surface area contributed by atoms with Crippen molar-refractivity contribution in [3.05, 3.63) is 69.5 Å². The van der Waals surface area contributed by atoms with Crippen LogP contribution in [0.15, 0.2) is 30.3 Å². The Morgan fingerprint density at radius 3 is 2.25 bits per heavy atom. The van der Waals surface area contributed by atoms with Gasteiger partial charge < -0.3 is 5.32 Å². The van der Waals surface area contributed by atoms with Crippen LogP contribution >= 0.6 is 11.6 Å². The first-order valence-electron chi connectivity index (χ1n) is 6.01. The molecule has 0 aliphatic carbocycles. The van der Waals surface area contributed by atoms with Crippen molar-refractivity contribution in [1.29, 1.82) is 0 Å². The van der Waals surface area contributed by atoms with Crippen molar-refractivity contribution in [2.45, 2.75) is 13.0 Å². The van der Waals surface area contributed by atoms with Gasteiger partial charge in [-0.15, -0.1) is 0 Å². The molecule has 1 atom stereocenters. The fourth-order valence-electron chi connectivity index (χ4n) is 2.11. The number of hydrogen-bond donors (Lipinski definition) is 1. The van der Waals surface area contributed by atoms with E-state index in [4.69, 9.17) is 11.6 Å². The minimum Gasteiger partial charge on any atom is -0.309 e. The Bertz CT molecular complexity index is 643. The Labute approximate surface area is 120 Å². The summed E-state index contributed by atoms with van der Waals surface area (Å²) in [7, 11) is 1.67. The van der Waals surface area contributed by atoms with Crippen molar-refractivity contribution in [1.82, 2.24) is 5.32 Å². The molecule has 1 unspecified atom stereocenters. The molecule has 0 aliphatic heterocycles. The summed E-state index contributed by atoms with van der Waals surface area (Å²) < 4.78 is 39.8. The van der Waals surface area contributed by atoms with Crippen LogP contribution in [0.1, 0.15) is 22.7 Å². The molecular formula is C15H13ClF3N. The fraction of sp³-hybridized carbons (Fsp3) is 0.200. The molecule has 0 amide bonds. The van der Waals surface area contributed by atoms with Gasteiger partial charge in [-0.05, 0) is 48.9 Å². The summed E-state index contributed by atoms with van der Waals surface area (Å²) in [5, 5.41) is 3.09. The van der Waals surface area contributed by atoms with Crippen LogP contribution in [0.25, 0.3) is 0 Å². The molecule has 0 radical (unpaired) electrons. The molecule has 20 heavy (non-hydrogen) atoms. The average Bonchev–Trinajstić information content (AvgIpc) is 2.40. The van der Waals surface area contributed by atoms with E-state index in [0.717, 1.165) is 17.7 Å². The van der Waals surface area contributed by atoms with Crippen LogP contribution in [0.2, 0.25) is 5.02 Å². The zero-order valence-electron chi connectivity index (χ0n) is 11.0. The zero-order chi connectivity index (χ0) is 14.9. The van der Waals surface area contributed by atoms with Gasteiger partial charge in [-0.3, -0.25) is 0 Å². The topological polar surface area (TPSA) is 12.0 Å². The van der Waals surface area contributed by atoms with E-state index in [1.807, 2.05) is 0 Å². The van der Waals surface area contributed by atoms with Gasteiger partial charge in [-0.25, -0.2) is 13.2 Å². The van der Waals surface area contributed by atoms with Crippen LogP contribution in [0.3, 0.4) is 0 Å². The standard InChI is InChI=1S/C15H13ClF3N/c1-8-5-9(3-4-12(8)17)15(20-2)10-6-13(18)14(19)7-11(10)16/h3-7,15,20H,1-2H3. The second kappa shape index (κ2) is 5.85. The van der Waals surface area contributed by atoms with E-state index in [2.05, 4.69) is 5.32 Å². The van der Waals surface area contributed by atoms with E-state index in [-0.39, 0.29) is 10.8 Å². The first-order valence-corrected chi connectivity index (χ1v) is 6.39. The summed E-state index contributed by atoms with van der Waals surface area (Å²) in [6.45, 7) is 1.64. The number of benzene rings is 2. The van der Waals surface area contributed by atoms with Gasteiger partial charge in [-0.1, -0.05) is 23.7 Å². The maximum atomic E-state index is 13.4. The highest BCUT2D eigenvalue weighted by Crippen LogP contribution is 2.30. The zero-order valence-corrected chi connectivity index (χ0v) is 11.7. The van der Waals surface area contributed by atoms with Crippen LogP contribution in [0.5, 0.6) is 0 Å². The van der Waals surface area contributed by atoms with Gasteiger partial charge in [0.1, 0.15) is 5.82 Å². The number of hydrogen-bond acceptors (Lipinski definition) is 1. The molecule has 106 valence electrons. The second-order valence-corrected chi connectivity index (χ2v) is 4.93. The van der Waals surface area contributed by atoms with Gasteiger partial charge in [0.05, 0.1) is 6.04 Å². The molecule has 0 bridgehead atoms. The van der Waals surface area contributed by atoms with E-state index in [0.29, 0.717) is 11.1 Å². The molecule has 2 aromatic carbocycles. The molecular weight excluding hydrogens is 287 g/mol. The summed E-state index contributed by atoms with van der Waals surface area (Å²) in [5.41, 5.74) is 1.60. The second-order valence-electron chi connectivity index (χ2n) is 4.52. The predicted molar refractivity (Wildman–Crippen MR) is 73.4 cm³/mol. The predicted octanol–water partition coefficient (Wildman–Crippen LogP) is 4.37. The third-order valence-electron chi connectivity index (χ3n) is 3.15. The molecule has 0 spiro atoms. The largest absolute Gasteiger partial charge is 0.309 e. The number of halogens is 4. The van der Waals surface area contributed by atoms with Crippen LogP contribution in [0.4, 0.5) is 13.2 Å². The molecule has 0 fully saturated rings. The monoisotopic (exact) mass is 299 g/mol. The van der Waals surface area contributed by atoms with E-state index < -0.39 is 17.7 Å². The summed E-state index contributed by atoms with van der Waals surface area (Å²) in [6.07, 6.45) is 0. The van der Waals surface area contributed by atoms with Crippen molar-refractivity contribution in [3.8, 4) is 0 Å². The van der Waals surface area contributed by atoms with Crippen molar-refractivity contribution in [2.75, 3.05) is 7.05 Å². The summed E-state index contributed by atoms with van der Waals surface area (Å²) in [6, 6.07) is 6.11. The van der Waals surface area contributed by atoms with Crippen molar-refractivity contribution >= 4 is 11.6 Å². The lowest BCUT2D eigenvalue weighted by Crippen LogP contribution is -2.18. The maximum Gasteiger partial charge on any atom is 0.160 e. The normalized spacial score (nSPS) is 12.5. The van der Waals surface area contributed by atoms with Crippen molar-refractivity contribution in [3.63, 3.8) is 0 Å². The van der Waals surface area contributed by atoms with Crippen molar-refractivity contribution in [2.24, 2.45) is 0 Å². The highest BCUT2D eigenvalue weighted by molar-refractivity contribution is 6.31. The average molecular weight is 300 g/mol. The first-order chi connectivity index (χ1) is 9.43. The molecule has 2 aromatic rings. The molecule has 1 N–H and O–H groups in total. The van der Waals surface area contributed by atoms with E-state index in [9.17, 15) is 13.2 Å². The Morgan fingerprint density at radius 2 is 1.65 bits per heavy atom. The van der Waals surface area contributed by atoms with E-state index >= 15 is 0 Å². The molecule has 0 saturated carbocycles. The quantitative estimate of drug-likeness (QED) is 0.830. The van der Waals surface area contributed by atoms with Gasteiger partial charge in [0.15, 0.2) is 11.6 Å². The molecule has 2 rings (SSSR count). The molecule has 0 heterocycles. The smallest absolute Gasteiger partial charge is 0.160 e. The van der Waals surface area contributed by atoms with Gasteiger partial charge in [-0.2, -0.15) is 0 Å². The van der Waals surface area contributed by atoms with Crippen LogP contribution in [-0.4, -0.2) is 7.05 Å². The van der Waals surface area contributed by atoms with Crippen LogP contribution < -0.4 is 5.32 Å². The van der Waals surface area contributed by atoms with Crippen LogP contribution in [0, 0.1) is 24.4 Å². The highest BCUT2D eigenvalue weighted by atomic mass is 35.5. The van der Waals surface area contributed by atoms with Gasteiger partial charge in [0, 0.05) is 5.02 Å². The Kier molecular flexibility index (Phi) is 4.35. The molecule has 0 aromatic heterocycles. The summed E-state index contributed by atoms with van der Waals surface area (Å²) >= 11 is 5.98. The summed E-state index contributed by atoms with van der Waals surface area (Å²) in [4.78, 5) is 0. The van der Waals surface area contributed by atoms with Gasteiger partial charge >= 0.3 is 0 Å².